The maximum atomic E-state index is 12.8. The molecule has 3 N–H and O–H groups in total. The van der Waals surface area contributed by atoms with Gasteiger partial charge in [0.25, 0.3) is 5.91 Å². The van der Waals surface area contributed by atoms with Crippen LogP contribution in [0, 0.1) is 0 Å². The highest BCUT2D eigenvalue weighted by molar-refractivity contribution is 8.26. The van der Waals surface area contributed by atoms with Gasteiger partial charge in [-0.15, -0.1) is 0 Å². The molecule has 0 spiro atoms. The first-order chi connectivity index (χ1) is 15.9. The van der Waals surface area contributed by atoms with E-state index in [1.54, 1.807) is 23.2 Å². The van der Waals surface area contributed by atoms with Crippen LogP contribution in [-0.4, -0.2) is 42.7 Å². The third-order valence-electron chi connectivity index (χ3n) is 5.27. The van der Waals surface area contributed by atoms with Crippen LogP contribution in [0.5, 0.6) is 0 Å². The molecular weight excluding hydrogens is 456 g/mol. The smallest absolute Gasteiger partial charge is 0.303 e. The second-order valence-corrected chi connectivity index (χ2v) is 9.29. The number of anilines is 1. The summed E-state index contributed by atoms with van der Waals surface area (Å²) in [5.41, 5.74) is 9.91. The fourth-order valence-electron chi connectivity index (χ4n) is 3.57. The van der Waals surface area contributed by atoms with Gasteiger partial charge in [0.1, 0.15) is 4.32 Å². The minimum absolute atomic E-state index is 0.139. The van der Waals surface area contributed by atoms with Crippen LogP contribution in [0.25, 0.3) is 28.2 Å². The number of hydrogen-bond donors (Lipinski definition) is 2. The zero-order chi connectivity index (χ0) is 23.4. The van der Waals surface area contributed by atoms with E-state index < -0.39 is 5.97 Å². The van der Waals surface area contributed by atoms with Crippen molar-refractivity contribution < 1.29 is 14.7 Å². The van der Waals surface area contributed by atoms with Crippen molar-refractivity contribution >= 4 is 62.8 Å². The number of aromatic nitrogens is 2. The topological polar surface area (TPSA) is 109 Å². The second kappa shape index (κ2) is 10.1. The van der Waals surface area contributed by atoms with Gasteiger partial charge >= 0.3 is 5.97 Å². The Bertz CT molecular complexity index is 1280. The first-order valence-electron chi connectivity index (χ1n) is 10.5. The minimum Gasteiger partial charge on any atom is -0.481 e. The molecule has 1 aromatic carbocycles. The van der Waals surface area contributed by atoms with Crippen molar-refractivity contribution in [2.24, 2.45) is 0 Å². The molecule has 0 radical (unpaired) electrons. The Morgan fingerprint density at radius 2 is 2.03 bits per heavy atom. The number of carbonyl (C=O) groups is 2. The fraction of sp³-hybridized carbons (Fsp3) is 0.208. The molecule has 3 heterocycles. The number of nitrogens with two attached hydrogens (primary N) is 1. The number of thiocarbonyl (C=S) groups is 1. The number of nitrogens with zero attached hydrogens (tertiary/aromatic N) is 3. The van der Waals surface area contributed by atoms with Crippen molar-refractivity contribution in [2.75, 3.05) is 12.3 Å². The molecule has 0 aliphatic carbocycles. The number of thioether (sulfide) groups is 1. The monoisotopic (exact) mass is 478 g/mol. The maximum absolute atomic E-state index is 12.8. The molecule has 2 aromatic heterocycles. The van der Waals surface area contributed by atoms with E-state index in [9.17, 15) is 9.59 Å². The van der Waals surface area contributed by atoms with Crippen LogP contribution < -0.4 is 5.73 Å². The number of carboxylic acid groups (broad SMARTS) is 1. The summed E-state index contributed by atoms with van der Waals surface area (Å²) in [6.07, 6.45) is 5.61. The summed E-state index contributed by atoms with van der Waals surface area (Å²) in [6, 6.07) is 13.2. The Balaban J connectivity index is 1.49. The third-order valence-corrected chi connectivity index (χ3v) is 6.64. The highest BCUT2D eigenvalue weighted by atomic mass is 32.2. The van der Waals surface area contributed by atoms with Crippen molar-refractivity contribution in [3.05, 3.63) is 59.3 Å². The molecule has 168 valence electrons. The van der Waals surface area contributed by atoms with Gasteiger partial charge in [0.15, 0.2) is 0 Å². The third kappa shape index (κ3) is 5.37. The Kier molecular flexibility index (Phi) is 7.00. The number of hydrogen-bond acceptors (Lipinski definition) is 7. The van der Waals surface area contributed by atoms with Crippen LogP contribution >= 0.6 is 24.0 Å². The minimum atomic E-state index is -0.804. The number of nitrogen functional groups attached to an aromatic ring is 1. The van der Waals surface area contributed by atoms with Gasteiger partial charge in [-0.25, -0.2) is 4.98 Å². The van der Waals surface area contributed by atoms with E-state index in [4.69, 9.17) is 28.0 Å². The predicted molar refractivity (Wildman–Crippen MR) is 135 cm³/mol. The van der Waals surface area contributed by atoms with E-state index in [0.717, 1.165) is 28.6 Å². The second-order valence-electron chi connectivity index (χ2n) is 7.62. The summed E-state index contributed by atoms with van der Waals surface area (Å²) in [5, 5.41) is 9.59. The van der Waals surface area contributed by atoms with E-state index in [1.807, 2.05) is 36.4 Å². The largest absolute Gasteiger partial charge is 0.481 e. The average molecular weight is 479 g/mol. The van der Waals surface area contributed by atoms with Gasteiger partial charge < -0.3 is 10.8 Å². The fourth-order valence-corrected chi connectivity index (χ4v) is 4.86. The van der Waals surface area contributed by atoms with Crippen LogP contribution in [0.15, 0.2) is 53.6 Å². The molecule has 1 aliphatic heterocycles. The molecular formula is C24H22N4O3S2. The van der Waals surface area contributed by atoms with Gasteiger partial charge in [0.05, 0.1) is 21.8 Å². The first-order valence-corrected chi connectivity index (χ1v) is 11.7. The van der Waals surface area contributed by atoms with Crippen LogP contribution in [0.2, 0.25) is 0 Å². The van der Waals surface area contributed by atoms with Gasteiger partial charge in [0, 0.05) is 35.8 Å². The standard InChI is InChI=1S/C24H22N4O3S2/c25-18-10-11-26-20-9-8-15(13-17(18)20)19-6-4-5-16(27-19)14-21-23(31)28(24(32)33-21)12-3-1-2-7-22(29)30/h4-6,8-11,13-14H,1-3,7,12H2,(H2,25,26)(H,29,30)/b21-14-. The van der Waals surface area contributed by atoms with Gasteiger partial charge in [0.2, 0.25) is 0 Å². The van der Waals surface area contributed by atoms with Crippen LogP contribution in [0.3, 0.4) is 0 Å². The quantitative estimate of drug-likeness (QED) is 0.272. The van der Waals surface area contributed by atoms with E-state index in [-0.39, 0.29) is 12.3 Å². The van der Waals surface area contributed by atoms with Crippen LogP contribution in [0.4, 0.5) is 5.69 Å². The summed E-state index contributed by atoms with van der Waals surface area (Å²) in [6.45, 7) is 0.488. The summed E-state index contributed by atoms with van der Waals surface area (Å²) in [4.78, 5) is 34.6. The van der Waals surface area contributed by atoms with Crippen molar-refractivity contribution in [1.29, 1.82) is 0 Å². The molecule has 7 nitrogen and oxygen atoms in total. The Labute approximate surface area is 200 Å². The molecule has 3 aromatic rings. The molecule has 4 rings (SSSR count). The molecule has 0 atom stereocenters. The number of carboxylic acids is 1. The van der Waals surface area contributed by atoms with E-state index in [0.29, 0.717) is 40.0 Å². The Morgan fingerprint density at radius 3 is 2.85 bits per heavy atom. The average Bonchev–Trinajstić information content (AvgIpc) is 3.06. The van der Waals surface area contributed by atoms with Crippen molar-refractivity contribution in [3.63, 3.8) is 0 Å². The summed E-state index contributed by atoms with van der Waals surface area (Å²) in [5.74, 6) is -0.943. The SMILES string of the molecule is Nc1ccnc2ccc(-c3cccc(/C=C4\SC(=S)N(CCCCCC(=O)O)C4=O)n3)cc12. The number of rotatable bonds is 8. The molecule has 0 bridgehead atoms. The van der Waals surface area contributed by atoms with E-state index in [2.05, 4.69) is 4.98 Å². The highest BCUT2D eigenvalue weighted by Crippen LogP contribution is 2.33. The zero-order valence-corrected chi connectivity index (χ0v) is 19.4. The summed E-state index contributed by atoms with van der Waals surface area (Å²) < 4.78 is 0.512. The number of pyridine rings is 2. The summed E-state index contributed by atoms with van der Waals surface area (Å²) in [7, 11) is 0. The maximum Gasteiger partial charge on any atom is 0.303 e. The van der Waals surface area contributed by atoms with Gasteiger partial charge in [-0.2, -0.15) is 0 Å². The van der Waals surface area contributed by atoms with Crippen LogP contribution in [0.1, 0.15) is 31.4 Å². The lowest BCUT2D eigenvalue weighted by molar-refractivity contribution is -0.137. The van der Waals surface area contributed by atoms with Gasteiger partial charge in [-0.05, 0) is 49.2 Å². The molecule has 1 saturated heterocycles. The lowest BCUT2D eigenvalue weighted by Gasteiger charge is -2.13. The molecule has 1 amide bonds. The van der Waals surface area contributed by atoms with E-state index in [1.165, 1.54) is 11.8 Å². The normalized spacial score (nSPS) is 15.0. The molecule has 9 heteroatoms. The van der Waals surface area contributed by atoms with Crippen LogP contribution in [-0.2, 0) is 9.59 Å². The Hall–Kier alpha value is -3.30. The number of aliphatic carboxylic acids is 1. The lowest BCUT2D eigenvalue weighted by atomic mass is 10.1. The molecule has 0 unspecified atom stereocenters. The molecule has 0 saturated carbocycles. The number of benzene rings is 1. The highest BCUT2D eigenvalue weighted by Gasteiger charge is 2.31. The number of fused-ring (bicyclic) bond motifs is 1. The first kappa shape index (κ1) is 22.9. The molecule has 33 heavy (non-hydrogen) atoms. The molecule has 1 aliphatic rings. The van der Waals surface area contributed by atoms with Crippen molar-refractivity contribution in [1.82, 2.24) is 14.9 Å². The van der Waals surface area contributed by atoms with E-state index >= 15 is 0 Å². The predicted octanol–water partition coefficient (Wildman–Crippen LogP) is 4.73. The number of amides is 1. The van der Waals surface area contributed by atoms with Crippen molar-refractivity contribution in [3.8, 4) is 11.3 Å². The van der Waals surface area contributed by atoms with Gasteiger partial charge in [-0.3, -0.25) is 19.5 Å². The van der Waals surface area contributed by atoms with Crippen molar-refractivity contribution in [2.45, 2.75) is 25.7 Å². The lowest BCUT2D eigenvalue weighted by Crippen LogP contribution is -2.29. The zero-order valence-electron chi connectivity index (χ0n) is 17.7. The Morgan fingerprint density at radius 1 is 1.18 bits per heavy atom. The number of unbranched alkanes of at least 4 members (excludes halogenated alkanes) is 2. The molecule has 1 fully saturated rings. The summed E-state index contributed by atoms with van der Waals surface area (Å²) >= 11 is 6.65. The number of carbonyl (C=O) groups excluding carboxylic acids is 1. The van der Waals surface area contributed by atoms with Gasteiger partial charge in [-0.1, -0.05) is 42.5 Å².